The van der Waals surface area contributed by atoms with E-state index in [9.17, 15) is 0 Å². The summed E-state index contributed by atoms with van der Waals surface area (Å²) >= 11 is 0. The summed E-state index contributed by atoms with van der Waals surface area (Å²) in [5.41, 5.74) is 5.52. The largest absolute Gasteiger partial charge is 0.330 e. The zero-order valence-electron chi connectivity index (χ0n) is 6.14. The highest BCUT2D eigenvalue weighted by atomic mass is 15.1. The molecule has 0 amide bonds. The first kappa shape index (κ1) is 7.03. The van der Waals surface area contributed by atoms with Gasteiger partial charge in [-0.3, -0.25) is 0 Å². The van der Waals surface area contributed by atoms with Gasteiger partial charge in [-0.25, -0.2) is 0 Å². The van der Waals surface area contributed by atoms with Gasteiger partial charge in [0.25, 0.3) is 0 Å². The van der Waals surface area contributed by atoms with Crippen LogP contribution in [0.15, 0.2) is 0 Å². The second-order valence-corrected chi connectivity index (χ2v) is 2.78. The van der Waals surface area contributed by atoms with Gasteiger partial charge in [0.15, 0.2) is 0 Å². The number of hydrogen-bond donors (Lipinski definition) is 1. The molecule has 1 aliphatic heterocycles. The van der Waals surface area contributed by atoms with Crippen molar-refractivity contribution in [1.29, 1.82) is 0 Å². The summed E-state index contributed by atoms with van der Waals surface area (Å²) in [5, 5.41) is 0. The van der Waals surface area contributed by atoms with E-state index in [0.717, 1.165) is 12.5 Å². The Morgan fingerprint density at radius 2 is 2.44 bits per heavy atom. The SMILES string of the molecule is CCN1CCC(CN)C1. The van der Waals surface area contributed by atoms with Gasteiger partial charge in [0.05, 0.1) is 0 Å². The third-order valence-electron chi connectivity index (χ3n) is 2.15. The van der Waals surface area contributed by atoms with Crippen molar-refractivity contribution in [3.63, 3.8) is 0 Å². The minimum Gasteiger partial charge on any atom is -0.330 e. The predicted octanol–water partition coefficient (Wildman–Crippen LogP) is 0.287. The number of likely N-dealkylation sites (tertiary alicyclic amines) is 1. The van der Waals surface area contributed by atoms with Crippen LogP contribution in [0.5, 0.6) is 0 Å². The second kappa shape index (κ2) is 3.18. The molecule has 1 unspecified atom stereocenters. The summed E-state index contributed by atoms with van der Waals surface area (Å²) in [4.78, 5) is 2.46. The van der Waals surface area contributed by atoms with Gasteiger partial charge in [0.2, 0.25) is 0 Å². The summed E-state index contributed by atoms with van der Waals surface area (Å²) < 4.78 is 0. The van der Waals surface area contributed by atoms with Gasteiger partial charge in [-0.15, -0.1) is 0 Å². The third-order valence-corrected chi connectivity index (χ3v) is 2.15. The molecular weight excluding hydrogens is 112 g/mol. The average Bonchev–Trinajstić information content (AvgIpc) is 2.34. The monoisotopic (exact) mass is 128 g/mol. The van der Waals surface area contributed by atoms with Crippen molar-refractivity contribution in [2.45, 2.75) is 13.3 Å². The molecule has 0 aliphatic carbocycles. The Labute approximate surface area is 57.0 Å². The van der Waals surface area contributed by atoms with Crippen molar-refractivity contribution in [2.24, 2.45) is 11.7 Å². The molecule has 0 aromatic rings. The Morgan fingerprint density at radius 3 is 2.78 bits per heavy atom. The van der Waals surface area contributed by atoms with Crippen LogP contribution >= 0.6 is 0 Å². The Bertz CT molecular complexity index is 73.0. The van der Waals surface area contributed by atoms with Crippen molar-refractivity contribution >= 4 is 0 Å². The fourth-order valence-corrected chi connectivity index (χ4v) is 1.39. The number of nitrogens with zero attached hydrogens (tertiary/aromatic N) is 1. The molecule has 0 saturated carbocycles. The first-order chi connectivity index (χ1) is 4.36. The van der Waals surface area contributed by atoms with Crippen LogP contribution in [-0.4, -0.2) is 31.1 Å². The molecule has 1 atom stereocenters. The van der Waals surface area contributed by atoms with Gasteiger partial charge in [-0.1, -0.05) is 6.92 Å². The Hall–Kier alpha value is -0.0800. The normalized spacial score (nSPS) is 29.3. The summed E-state index contributed by atoms with van der Waals surface area (Å²) in [6.07, 6.45) is 1.31. The molecule has 0 spiro atoms. The van der Waals surface area contributed by atoms with Crippen LogP contribution in [0.4, 0.5) is 0 Å². The van der Waals surface area contributed by atoms with Crippen LogP contribution in [0.1, 0.15) is 13.3 Å². The topological polar surface area (TPSA) is 29.3 Å². The van der Waals surface area contributed by atoms with Crippen LogP contribution in [0.3, 0.4) is 0 Å². The van der Waals surface area contributed by atoms with Crippen molar-refractivity contribution in [3.05, 3.63) is 0 Å². The van der Waals surface area contributed by atoms with E-state index in [0.29, 0.717) is 0 Å². The summed E-state index contributed by atoms with van der Waals surface area (Å²) in [6, 6.07) is 0. The first-order valence-corrected chi connectivity index (χ1v) is 3.79. The van der Waals surface area contributed by atoms with Crippen molar-refractivity contribution < 1.29 is 0 Å². The Kier molecular flexibility index (Phi) is 2.49. The first-order valence-electron chi connectivity index (χ1n) is 3.79. The summed E-state index contributed by atoms with van der Waals surface area (Å²) in [7, 11) is 0. The van der Waals surface area contributed by atoms with Crippen LogP contribution in [0.25, 0.3) is 0 Å². The molecule has 0 radical (unpaired) electrons. The highest BCUT2D eigenvalue weighted by Gasteiger charge is 2.18. The molecule has 2 nitrogen and oxygen atoms in total. The van der Waals surface area contributed by atoms with Gasteiger partial charge >= 0.3 is 0 Å². The van der Waals surface area contributed by atoms with E-state index in [1.165, 1.54) is 26.1 Å². The maximum Gasteiger partial charge on any atom is 0.00221 e. The smallest absolute Gasteiger partial charge is 0.00221 e. The zero-order valence-corrected chi connectivity index (χ0v) is 6.14. The lowest BCUT2D eigenvalue weighted by atomic mass is 10.1. The van der Waals surface area contributed by atoms with Gasteiger partial charge in [0.1, 0.15) is 0 Å². The molecule has 2 heteroatoms. The minimum absolute atomic E-state index is 0.782. The van der Waals surface area contributed by atoms with Crippen LogP contribution < -0.4 is 5.73 Å². The van der Waals surface area contributed by atoms with E-state index in [1.807, 2.05) is 0 Å². The van der Waals surface area contributed by atoms with Crippen LogP contribution in [0.2, 0.25) is 0 Å². The van der Waals surface area contributed by atoms with Crippen LogP contribution in [0, 0.1) is 5.92 Å². The van der Waals surface area contributed by atoms with E-state index in [4.69, 9.17) is 5.73 Å². The summed E-state index contributed by atoms with van der Waals surface area (Å²) in [5.74, 6) is 0.782. The highest BCUT2D eigenvalue weighted by Crippen LogP contribution is 2.13. The number of hydrogen-bond acceptors (Lipinski definition) is 2. The molecule has 0 aromatic heterocycles. The molecule has 1 fully saturated rings. The van der Waals surface area contributed by atoms with Crippen LogP contribution in [-0.2, 0) is 0 Å². The Balaban J connectivity index is 2.20. The molecule has 1 rings (SSSR count). The molecule has 1 heterocycles. The lowest BCUT2D eigenvalue weighted by Gasteiger charge is -2.10. The number of rotatable bonds is 2. The standard InChI is InChI=1S/C7H16N2/c1-2-9-4-3-7(5-8)6-9/h7H,2-6,8H2,1H3. The lowest BCUT2D eigenvalue weighted by Crippen LogP contribution is -2.22. The minimum atomic E-state index is 0.782. The Morgan fingerprint density at radius 1 is 1.67 bits per heavy atom. The number of nitrogens with two attached hydrogens (primary N) is 1. The van der Waals surface area contributed by atoms with E-state index in [1.54, 1.807) is 0 Å². The second-order valence-electron chi connectivity index (χ2n) is 2.78. The maximum absolute atomic E-state index is 5.52. The fourth-order valence-electron chi connectivity index (χ4n) is 1.39. The average molecular weight is 128 g/mol. The van der Waals surface area contributed by atoms with Crippen molar-refractivity contribution in [2.75, 3.05) is 26.2 Å². The van der Waals surface area contributed by atoms with Gasteiger partial charge in [0, 0.05) is 6.54 Å². The molecule has 2 N–H and O–H groups in total. The molecular formula is C7H16N2. The molecule has 9 heavy (non-hydrogen) atoms. The maximum atomic E-state index is 5.52. The highest BCUT2D eigenvalue weighted by molar-refractivity contribution is 4.74. The predicted molar refractivity (Wildman–Crippen MR) is 39.3 cm³/mol. The quantitative estimate of drug-likeness (QED) is 0.579. The fraction of sp³-hybridized carbons (Fsp3) is 1.00. The van der Waals surface area contributed by atoms with Crippen molar-refractivity contribution in [1.82, 2.24) is 4.90 Å². The summed E-state index contributed by atoms with van der Waals surface area (Å²) in [6.45, 7) is 6.76. The van der Waals surface area contributed by atoms with Gasteiger partial charge < -0.3 is 10.6 Å². The molecule has 0 aromatic carbocycles. The lowest BCUT2D eigenvalue weighted by molar-refractivity contribution is 0.343. The van der Waals surface area contributed by atoms with E-state index in [2.05, 4.69) is 11.8 Å². The molecule has 1 aliphatic rings. The molecule has 54 valence electrons. The zero-order chi connectivity index (χ0) is 6.69. The molecule has 0 bridgehead atoms. The van der Waals surface area contributed by atoms with E-state index in [-0.39, 0.29) is 0 Å². The van der Waals surface area contributed by atoms with Gasteiger partial charge in [-0.05, 0) is 32.0 Å². The van der Waals surface area contributed by atoms with E-state index < -0.39 is 0 Å². The van der Waals surface area contributed by atoms with E-state index >= 15 is 0 Å². The molecule has 1 saturated heterocycles. The third kappa shape index (κ3) is 1.66. The van der Waals surface area contributed by atoms with Gasteiger partial charge in [-0.2, -0.15) is 0 Å². The van der Waals surface area contributed by atoms with Crippen molar-refractivity contribution in [3.8, 4) is 0 Å².